The lowest BCUT2D eigenvalue weighted by atomic mass is 9.69. The first kappa shape index (κ1) is 22.0. The second-order valence-electron chi connectivity index (χ2n) is 11.2. The van der Waals surface area contributed by atoms with Gasteiger partial charge in [0.25, 0.3) is 0 Å². The molecule has 1 aromatic heterocycles. The van der Waals surface area contributed by atoms with E-state index in [0.29, 0.717) is 11.6 Å². The van der Waals surface area contributed by atoms with E-state index in [2.05, 4.69) is 69.0 Å². The molecule has 3 heterocycles. The van der Waals surface area contributed by atoms with Gasteiger partial charge in [-0.15, -0.1) is 0 Å². The van der Waals surface area contributed by atoms with Crippen LogP contribution in [0.3, 0.4) is 0 Å². The van der Waals surface area contributed by atoms with Crippen molar-refractivity contribution in [2.75, 3.05) is 18.0 Å². The zero-order valence-electron chi connectivity index (χ0n) is 21.0. The third-order valence-corrected chi connectivity index (χ3v) is 7.86. The molecule has 0 N–H and O–H groups in total. The number of nitrogens with zero attached hydrogens (tertiary/aromatic N) is 4. The monoisotopic (exact) mass is 460 g/mol. The van der Waals surface area contributed by atoms with E-state index in [1.54, 1.807) is 0 Å². The fourth-order valence-corrected chi connectivity index (χ4v) is 5.51. The highest BCUT2D eigenvalue weighted by Gasteiger charge is 2.40. The zero-order valence-corrected chi connectivity index (χ0v) is 21.0. The van der Waals surface area contributed by atoms with Crippen LogP contribution in [0.2, 0.25) is 0 Å². The molecule has 0 fully saturated rings. The predicted octanol–water partition coefficient (Wildman–Crippen LogP) is 7.04. The highest BCUT2D eigenvalue weighted by molar-refractivity contribution is 5.75. The SMILES string of the molecule is CC1(C)CCN2CCC(C)(C)c3cc(-c4nc(-c5ccccc5)nc(-c5ccccc5)n4)cc1c32. The maximum absolute atomic E-state index is 5.02. The number of anilines is 1. The van der Waals surface area contributed by atoms with Gasteiger partial charge in [-0.25, -0.2) is 15.0 Å². The number of hydrogen-bond acceptors (Lipinski definition) is 4. The van der Waals surface area contributed by atoms with Crippen LogP contribution in [0.1, 0.15) is 51.7 Å². The van der Waals surface area contributed by atoms with Gasteiger partial charge in [0.15, 0.2) is 17.5 Å². The van der Waals surface area contributed by atoms with Gasteiger partial charge in [0.1, 0.15) is 0 Å². The highest BCUT2D eigenvalue weighted by atomic mass is 15.2. The summed E-state index contributed by atoms with van der Waals surface area (Å²) in [6.07, 6.45) is 2.32. The first-order valence-electron chi connectivity index (χ1n) is 12.6. The van der Waals surface area contributed by atoms with Crippen molar-refractivity contribution in [3.63, 3.8) is 0 Å². The Morgan fingerprint density at radius 2 is 0.971 bits per heavy atom. The molecule has 0 saturated carbocycles. The molecule has 0 atom stereocenters. The van der Waals surface area contributed by atoms with Gasteiger partial charge in [-0.1, -0.05) is 88.4 Å². The minimum atomic E-state index is 0.113. The summed E-state index contributed by atoms with van der Waals surface area (Å²) in [6.45, 7) is 11.8. The fraction of sp³-hybridized carbons (Fsp3) is 0.323. The Kier molecular flexibility index (Phi) is 5.03. The molecule has 4 nitrogen and oxygen atoms in total. The molecule has 176 valence electrons. The summed E-state index contributed by atoms with van der Waals surface area (Å²) in [5.41, 5.74) is 7.60. The fourth-order valence-electron chi connectivity index (χ4n) is 5.51. The van der Waals surface area contributed by atoms with Crippen molar-refractivity contribution in [2.45, 2.75) is 51.4 Å². The van der Waals surface area contributed by atoms with Crippen LogP contribution in [0.15, 0.2) is 72.8 Å². The van der Waals surface area contributed by atoms with Gasteiger partial charge < -0.3 is 4.90 Å². The average molecular weight is 461 g/mol. The standard InChI is InChI=1S/C31H32N4/c1-30(2)15-17-35-18-16-31(3,4)25-20-23(19-24(30)26(25)35)29-33-27(21-11-7-5-8-12-21)32-28(34-29)22-13-9-6-10-14-22/h5-14,19-20H,15-18H2,1-4H3. The van der Waals surface area contributed by atoms with Crippen LogP contribution >= 0.6 is 0 Å². The molecule has 2 aliphatic rings. The van der Waals surface area contributed by atoms with Gasteiger partial charge in [0.05, 0.1) is 0 Å². The Hall–Kier alpha value is -3.53. The molecule has 0 aliphatic carbocycles. The smallest absolute Gasteiger partial charge is 0.164 e. The summed E-state index contributed by atoms with van der Waals surface area (Å²) >= 11 is 0. The van der Waals surface area contributed by atoms with Crippen molar-refractivity contribution in [1.82, 2.24) is 15.0 Å². The molecule has 0 radical (unpaired) electrons. The van der Waals surface area contributed by atoms with Crippen molar-refractivity contribution in [1.29, 1.82) is 0 Å². The van der Waals surface area contributed by atoms with Gasteiger partial charge in [-0.2, -0.15) is 0 Å². The molecule has 3 aromatic carbocycles. The summed E-state index contributed by atoms with van der Waals surface area (Å²) in [5.74, 6) is 2.16. The van der Waals surface area contributed by atoms with E-state index >= 15 is 0 Å². The highest BCUT2D eigenvalue weighted by Crippen LogP contribution is 2.50. The lowest BCUT2D eigenvalue weighted by molar-refractivity contribution is 0.402. The van der Waals surface area contributed by atoms with Gasteiger partial charge >= 0.3 is 0 Å². The van der Waals surface area contributed by atoms with E-state index in [9.17, 15) is 0 Å². The molecule has 4 heteroatoms. The van der Waals surface area contributed by atoms with Crippen LogP contribution in [0.5, 0.6) is 0 Å². The van der Waals surface area contributed by atoms with Gasteiger partial charge in [-0.3, -0.25) is 0 Å². The van der Waals surface area contributed by atoms with E-state index < -0.39 is 0 Å². The summed E-state index contributed by atoms with van der Waals surface area (Å²) in [5, 5.41) is 0. The maximum Gasteiger partial charge on any atom is 0.164 e. The first-order valence-corrected chi connectivity index (χ1v) is 12.6. The summed E-state index contributed by atoms with van der Waals surface area (Å²) < 4.78 is 0. The van der Waals surface area contributed by atoms with Crippen molar-refractivity contribution < 1.29 is 0 Å². The first-order chi connectivity index (χ1) is 16.8. The van der Waals surface area contributed by atoms with E-state index in [4.69, 9.17) is 15.0 Å². The van der Waals surface area contributed by atoms with Gasteiger partial charge in [0, 0.05) is 35.5 Å². The van der Waals surface area contributed by atoms with E-state index in [-0.39, 0.29) is 10.8 Å². The molecule has 0 spiro atoms. The summed E-state index contributed by atoms with van der Waals surface area (Å²) in [7, 11) is 0. The predicted molar refractivity (Wildman–Crippen MR) is 144 cm³/mol. The molecule has 35 heavy (non-hydrogen) atoms. The molecule has 0 bridgehead atoms. The topological polar surface area (TPSA) is 41.9 Å². The minimum Gasteiger partial charge on any atom is -0.371 e. The Bertz CT molecular complexity index is 1290. The quantitative estimate of drug-likeness (QED) is 0.329. The maximum atomic E-state index is 5.02. The normalized spacial score (nSPS) is 17.7. The van der Waals surface area contributed by atoms with Crippen molar-refractivity contribution in [3.8, 4) is 34.2 Å². The lowest BCUT2D eigenvalue weighted by Gasteiger charge is -2.48. The zero-order chi connectivity index (χ0) is 24.2. The molecular weight excluding hydrogens is 428 g/mol. The number of benzene rings is 3. The molecule has 0 unspecified atom stereocenters. The third kappa shape index (κ3) is 3.81. The molecule has 0 saturated heterocycles. The van der Waals surface area contributed by atoms with Crippen molar-refractivity contribution in [2.24, 2.45) is 0 Å². The third-order valence-electron chi connectivity index (χ3n) is 7.86. The molecule has 6 rings (SSSR count). The van der Waals surface area contributed by atoms with Gasteiger partial charge in [0.2, 0.25) is 0 Å². The Morgan fingerprint density at radius 3 is 1.40 bits per heavy atom. The van der Waals surface area contributed by atoms with Crippen LogP contribution in [0.4, 0.5) is 5.69 Å². The average Bonchev–Trinajstić information content (AvgIpc) is 2.88. The Balaban J connectivity index is 1.60. The molecule has 4 aromatic rings. The van der Waals surface area contributed by atoms with Gasteiger partial charge in [-0.05, 0) is 46.9 Å². The van der Waals surface area contributed by atoms with Crippen molar-refractivity contribution in [3.05, 3.63) is 83.9 Å². The molecular formula is C31H32N4. The molecule has 2 aliphatic heterocycles. The summed E-state index contributed by atoms with van der Waals surface area (Å²) in [4.78, 5) is 17.5. The van der Waals surface area contributed by atoms with E-state index in [1.807, 2.05) is 36.4 Å². The van der Waals surface area contributed by atoms with Crippen molar-refractivity contribution >= 4 is 5.69 Å². The minimum absolute atomic E-state index is 0.113. The lowest BCUT2D eigenvalue weighted by Crippen LogP contribution is -2.44. The largest absolute Gasteiger partial charge is 0.371 e. The summed E-state index contributed by atoms with van der Waals surface area (Å²) in [6, 6.07) is 25.1. The number of hydrogen-bond donors (Lipinski definition) is 0. The van der Waals surface area contributed by atoms with E-state index in [1.165, 1.54) is 16.8 Å². The van der Waals surface area contributed by atoms with Crippen LogP contribution in [-0.2, 0) is 10.8 Å². The Labute approximate surface area is 208 Å². The number of rotatable bonds is 3. The van der Waals surface area contributed by atoms with Crippen LogP contribution in [0, 0.1) is 0 Å². The van der Waals surface area contributed by atoms with Crippen LogP contribution in [-0.4, -0.2) is 28.0 Å². The van der Waals surface area contributed by atoms with Crippen LogP contribution < -0.4 is 4.90 Å². The Morgan fingerprint density at radius 1 is 0.571 bits per heavy atom. The van der Waals surface area contributed by atoms with E-state index in [0.717, 1.165) is 48.4 Å². The molecule has 0 amide bonds. The second kappa shape index (κ2) is 8.01. The van der Waals surface area contributed by atoms with Crippen LogP contribution in [0.25, 0.3) is 34.2 Å². The second-order valence-corrected chi connectivity index (χ2v) is 11.2. The number of aromatic nitrogens is 3.